The van der Waals surface area contributed by atoms with E-state index in [-0.39, 0.29) is 17.2 Å². The third-order valence-corrected chi connectivity index (χ3v) is 3.08. The van der Waals surface area contributed by atoms with Gasteiger partial charge in [-0.2, -0.15) is 0 Å². The number of nitro benzene ring substituents is 1. The van der Waals surface area contributed by atoms with Crippen LogP contribution >= 0.6 is 0 Å². The lowest BCUT2D eigenvalue weighted by molar-refractivity contribution is -0.384. The van der Waals surface area contributed by atoms with Crippen molar-refractivity contribution in [1.29, 1.82) is 0 Å². The van der Waals surface area contributed by atoms with Crippen LogP contribution in [-0.2, 0) is 13.2 Å². The van der Waals surface area contributed by atoms with Gasteiger partial charge >= 0.3 is 0 Å². The lowest BCUT2D eigenvalue weighted by atomic mass is 10.1. The minimum absolute atomic E-state index is 0.0154. The number of para-hydroxylation sites is 1. The van der Waals surface area contributed by atoms with Gasteiger partial charge in [0.25, 0.3) is 5.69 Å². The molecule has 0 radical (unpaired) electrons. The summed E-state index contributed by atoms with van der Waals surface area (Å²) >= 11 is 0. The Bertz CT molecular complexity index is 626. The van der Waals surface area contributed by atoms with E-state index in [0.29, 0.717) is 17.8 Å². The number of nitrogens with one attached hydrogen (secondary N) is 1. The van der Waals surface area contributed by atoms with Gasteiger partial charge in [0.2, 0.25) is 0 Å². The van der Waals surface area contributed by atoms with Gasteiger partial charge in [-0.3, -0.25) is 10.1 Å². The van der Waals surface area contributed by atoms with Crippen LogP contribution in [0.5, 0.6) is 0 Å². The maximum absolute atomic E-state index is 11.1. The molecule has 0 atom stereocenters. The molecule has 0 saturated carbocycles. The first-order valence-corrected chi connectivity index (χ1v) is 6.28. The van der Waals surface area contributed by atoms with Crippen molar-refractivity contribution in [2.75, 3.05) is 5.32 Å². The Hall–Kier alpha value is -2.40. The van der Waals surface area contributed by atoms with Crippen LogP contribution in [0.2, 0.25) is 0 Å². The highest BCUT2D eigenvalue weighted by molar-refractivity contribution is 5.65. The van der Waals surface area contributed by atoms with E-state index in [0.717, 1.165) is 11.1 Å². The Kier molecular flexibility index (Phi) is 4.32. The number of benzene rings is 2. The highest BCUT2D eigenvalue weighted by Gasteiger charge is 2.16. The van der Waals surface area contributed by atoms with E-state index >= 15 is 0 Å². The SMILES string of the molecule is Cc1cccc(NCc2cccc(CO)c2)c1[N+](=O)[O-]. The minimum Gasteiger partial charge on any atom is -0.392 e. The minimum atomic E-state index is -0.373. The van der Waals surface area contributed by atoms with Crippen LogP contribution in [0.1, 0.15) is 16.7 Å². The van der Waals surface area contributed by atoms with Gasteiger partial charge in [0.05, 0.1) is 11.5 Å². The molecule has 0 aromatic heterocycles. The standard InChI is InChI=1S/C15H16N2O3/c1-11-4-2-7-14(15(11)17(19)20)16-9-12-5-3-6-13(8-12)10-18/h2-8,16,18H,9-10H2,1H3. The molecule has 2 rings (SSSR count). The van der Waals surface area contributed by atoms with Crippen molar-refractivity contribution in [2.45, 2.75) is 20.1 Å². The first-order valence-electron chi connectivity index (χ1n) is 6.28. The highest BCUT2D eigenvalue weighted by atomic mass is 16.6. The number of nitrogens with zero attached hydrogens (tertiary/aromatic N) is 1. The first kappa shape index (κ1) is 14.0. The molecule has 0 aliphatic heterocycles. The Balaban J connectivity index is 2.18. The summed E-state index contributed by atoms with van der Waals surface area (Å²) in [7, 11) is 0. The fraction of sp³-hybridized carbons (Fsp3) is 0.200. The molecule has 0 aliphatic rings. The molecule has 0 unspecified atom stereocenters. The number of hydrogen-bond donors (Lipinski definition) is 2. The first-order chi connectivity index (χ1) is 9.61. The quantitative estimate of drug-likeness (QED) is 0.648. The van der Waals surface area contributed by atoms with Gasteiger partial charge in [0.15, 0.2) is 0 Å². The van der Waals surface area contributed by atoms with Crippen LogP contribution < -0.4 is 5.32 Å². The fourth-order valence-corrected chi connectivity index (χ4v) is 2.08. The molecule has 2 aromatic rings. The maximum Gasteiger partial charge on any atom is 0.295 e. The van der Waals surface area contributed by atoms with E-state index in [2.05, 4.69) is 5.32 Å². The Morgan fingerprint density at radius 3 is 2.60 bits per heavy atom. The third-order valence-electron chi connectivity index (χ3n) is 3.08. The summed E-state index contributed by atoms with van der Waals surface area (Å²) in [6.07, 6.45) is 0. The summed E-state index contributed by atoms with van der Waals surface area (Å²) in [5, 5.41) is 23.3. The number of hydrogen-bond acceptors (Lipinski definition) is 4. The summed E-state index contributed by atoms with van der Waals surface area (Å²) in [5.74, 6) is 0. The van der Waals surface area contributed by atoms with Gasteiger partial charge in [0, 0.05) is 12.1 Å². The zero-order valence-electron chi connectivity index (χ0n) is 11.2. The van der Waals surface area contributed by atoms with Gasteiger partial charge in [-0.15, -0.1) is 0 Å². The molecule has 104 valence electrons. The van der Waals surface area contributed by atoms with Crippen LogP contribution in [0, 0.1) is 17.0 Å². The molecular weight excluding hydrogens is 256 g/mol. The third kappa shape index (κ3) is 3.13. The van der Waals surface area contributed by atoms with E-state index in [1.54, 1.807) is 25.1 Å². The predicted octanol–water partition coefficient (Wildman–Crippen LogP) is 3.01. The van der Waals surface area contributed by atoms with Crippen molar-refractivity contribution in [3.8, 4) is 0 Å². The van der Waals surface area contributed by atoms with Crippen molar-refractivity contribution in [1.82, 2.24) is 0 Å². The molecule has 5 nitrogen and oxygen atoms in total. The number of aliphatic hydroxyl groups is 1. The lowest BCUT2D eigenvalue weighted by Gasteiger charge is -2.09. The Labute approximate surface area is 117 Å². The second kappa shape index (κ2) is 6.16. The van der Waals surface area contributed by atoms with E-state index in [1.807, 2.05) is 24.3 Å². The topological polar surface area (TPSA) is 75.4 Å². The van der Waals surface area contributed by atoms with E-state index in [4.69, 9.17) is 5.11 Å². The largest absolute Gasteiger partial charge is 0.392 e. The van der Waals surface area contributed by atoms with Crippen molar-refractivity contribution >= 4 is 11.4 Å². The molecule has 0 amide bonds. The van der Waals surface area contributed by atoms with E-state index in [1.165, 1.54) is 0 Å². The van der Waals surface area contributed by atoms with Gasteiger partial charge < -0.3 is 10.4 Å². The molecule has 0 fully saturated rings. The Morgan fingerprint density at radius 1 is 1.20 bits per heavy atom. The molecule has 0 spiro atoms. The second-order valence-corrected chi connectivity index (χ2v) is 4.56. The number of aryl methyl sites for hydroxylation is 1. The van der Waals surface area contributed by atoms with Crippen molar-refractivity contribution in [2.24, 2.45) is 0 Å². The van der Waals surface area contributed by atoms with Crippen molar-refractivity contribution in [3.63, 3.8) is 0 Å². The molecule has 0 saturated heterocycles. The second-order valence-electron chi connectivity index (χ2n) is 4.56. The molecule has 0 aliphatic carbocycles. The average Bonchev–Trinajstić information content (AvgIpc) is 2.45. The molecule has 20 heavy (non-hydrogen) atoms. The van der Waals surface area contributed by atoms with Crippen LogP contribution in [0.3, 0.4) is 0 Å². The predicted molar refractivity (Wildman–Crippen MR) is 77.5 cm³/mol. The number of nitro groups is 1. The number of anilines is 1. The Morgan fingerprint density at radius 2 is 1.90 bits per heavy atom. The smallest absolute Gasteiger partial charge is 0.295 e. The van der Waals surface area contributed by atoms with Crippen LogP contribution in [-0.4, -0.2) is 10.0 Å². The summed E-state index contributed by atoms with van der Waals surface area (Å²) in [4.78, 5) is 10.7. The molecular formula is C15H16N2O3. The average molecular weight is 272 g/mol. The van der Waals surface area contributed by atoms with Gasteiger partial charge in [-0.05, 0) is 24.1 Å². The van der Waals surface area contributed by atoms with Gasteiger partial charge in [-0.25, -0.2) is 0 Å². The summed E-state index contributed by atoms with van der Waals surface area (Å²) in [6.45, 7) is 2.17. The normalized spacial score (nSPS) is 10.3. The maximum atomic E-state index is 11.1. The number of aliphatic hydroxyl groups excluding tert-OH is 1. The van der Waals surface area contributed by atoms with Gasteiger partial charge in [0.1, 0.15) is 5.69 Å². The molecule has 5 heteroatoms. The summed E-state index contributed by atoms with van der Waals surface area (Å²) in [6, 6.07) is 12.7. The fourth-order valence-electron chi connectivity index (χ4n) is 2.08. The molecule has 0 heterocycles. The van der Waals surface area contributed by atoms with Crippen molar-refractivity contribution < 1.29 is 10.0 Å². The monoisotopic (exact) mass is 272 g/mol. The molecule has 2 N–H and O–H groups in total. The van der Waals surface area contributed by atoms with E-state index < -0.39 is 0 Å². The van der Waals surface area contributed by atoms with Crippen LogP contribution in [0.15, 0.2) is 42.5 Å². The van der Waals surface area contributed by atoms with Gasteiger partial charge in [-0.1, -0.05) is 36.4 Å². The lowest BCUT2D eigenvalue weighted by Crippen LogP contribution is -2.04. The van der Waals surface area contributed by atoms with Crippen LogP contribution in [0.25, 0.3) is 0 Å². The number of rotatable bonds is 5. The summed E-state index contributed by atoms with van der Waals surface area (Å²) in [5.41, 5.74) is 3.02. The molecule has 0 bridgehead atoms. The van der Waals surface area contributed by atoms with Crippen molar-refractivity contribution in [3.05, 3.63) is 69.3 Å². The zero-order chi connectivity index (χ0) is 14.5. The van der Waals surface area contributed by atoms with E-state index in [9.17, 15) is 10.1 Å². The van der Waals surface area contributed by atoms with Crippen LogP contribution in [0.4, 0.5) is 11.4 Å². The zero-order valence-corrected chi connectivity index (χ0v) is 11.2. The highest BCUT2D eigenvalue weighted by Crippen LogP contribution is 2.28. The molecule has 2 aromatic carbocycles. The summed E-state index contributed by atoms with van der Waals surface area (Å²) < 4.78 is 0.